The number of fused-ring (bicyclic) bond motifs is 7. The van der Waals surface area contributed by atoms with Gasteiger partial charge in [0.1, 0.15) is 0 Å². The molecule has 0 amide bonds. The van der Waals surface area contributed by atoms with E-state index in [1.807, 2.05) is 13.8 Å². The van der Waals surface area contributed by atoms with Crippen molar-refractivity contribution in [3.05, 3.63) is 24.0 Å². The second kappa shape index (κ2) is 8.45. The van der Waals surface area contributed by atoms with E-state index in [-0.39, 0.29) is 28.8 Å². The van der Waals surface area contributed by atoms with E-state index in [4.69, 9.17) is 14.2 Å². The molecule has 0 spiro atoms. The Kier molecular flexibility index (Phi) is 6.10. The van der Waals surface area contributed by atoms with Crippen LogP contribution in [0.15, 0.2) is 24.0 Å². The fraction of sp³-hybridized carbons (Fsp3) is 0.828. The van der Waals surface area contributed by atoms with Crippen LogP contribution in [-0.4, -0.2) is 41.1 Å². The zero-order valence-corrected chi connectivity index (χ0v) is 21.8. The number of carbonyl (C=O) groups is 1. The summed E-state index contributed by atoms with van der Waals surface area (Å²) in [5.74, 6) is 0.741. The van der Waals surface area contributed by atoms with Gasteiger partial charge in [-0.15, -0.1) is 0 Å². The van der Waals surface area contributed by atoms with Crippen LogP contribution >= 0.6 is 0 Å². The standard InChI is InChI=1S/C29H44O5/c1-6-7-15-32-16-12-24(31)29-25(33-26(2,3)34-29)18-23-21-9-8-19-17-20(30)10-13-27(19,4)22(21)11-14-28(23,29)5/h8,12,16,20-23,25,30H,6-7,9-11,13-15,17-18H2,1-5H3/b16-12+/t20?,21?,22?,23?,25-,27?,28?,29-/m1/s1. The van der Waals surface area contributed by atoms with Crippen LogP contribution in [0.5, 0.6) is 0 Å². The van der Waals surface area contributed by atoms with Gasteiger partial charge in [0.2, 0.25) is 0 Å². The maximum Gasteiger partial charge on any atom is 0.193 e. The average Bonchev–Trinajstić information content (AvgIpc) is 3.19. The number of rotatable bonds is 6. The maximum atomic E-state index is 13.9. The first kappa shape index (κ1) is 24.5. The second-order valence-electron chi connectivity index (χ2n) is 12.6. The molecule has 3 saturated carbocycles. The van der Waals surface area contributed by atoms with Gasteiger partial charge in [-0.3, -0.25) is 4.79 Å². The number of allylic oxidation sites excluding steroid dienone is 1. The summed E-state index contributed by atoms with van der Waals surface area (Å²) < 4.78 is 18.7. The van der Waals surface area contributed by atoms with Gasteiger partial charge >= 0.3 is 0 Å². The Labute approximate surface area is 205 Å². The molecule has 0 aromatic carbocycles. The molecule has 1 saturated heterocycles. The van der Waals surface area contributed by atoms with E-state index in [2.05, 4.69) is 26.8 Å². The Morgan fingerprint density at radius 2 is 2.00 bits per heavy atom. The lowest BCUT2D eigenvalue weighted by Crippen LogP contribution is -2.60. The SMILES string of the molecule is CCCCO/C=C/C(=O)[C@@]12OC(C)(C)O[C@@H]1CC1C3CC=C4CC(O)CCC4(C)C3CCC12C. The third-order valence-electron chi connectivity index (χ3n) is 10.4. The largest absolute Gasteiger partial charge is 0.501 e. The summed E-state index contributed by atoms with van der Waals surface area (Å²) in [6.45, 7) is 11.4. The Morgan fingerprint density at radius 3 is 2.76 bits per heavy atom. The fourth-order valence-electron chi connectivity index (χ4n) is 8.71. The molecule has 5 heteroatoms. The van der Waals surface area contributed by atoms with Gasteiger partial charge < -0.3 is 19.3 Å². The Bertz CT molecular complexity index is 876. The minimum absolute atomic E-state index is 0.00191. The predicted octanol–water partition coefficient (Wildman–Crippen LogP) is 5.71. The first-order valence-corrected chi connectivity index (χ1v) is 13.7. The molecule has 5 nitrogen and oxygen atoms in total. The summed E-state index contributed by atoms with van der Waals surface area (Å²) in [6.07, 6.45) is 14.0. The number of carbonyl (C=O) groups excluding carboxylic acids is 1. The van der Waals surface area contributed by atoms with Crippen molar-refractivity contribution >= 4 is 5.78 Å². The molecule has 5 aliphatic rings. The van der Waals surface area contributed by atoms with Gasteiger partial charge in [0.05, 0.1) is 25.1 Å². The highest BCUT2D eigenvalue weighted by molar-refractivity contribution is 5.99. The van der Waals surface area contributed by atoms with Gasteiger partial charge in [-0.05, 0) is 88.4 Å². The summed E-state index contributed by atoms with van der Waals surface area (Å²) in [5.41, 5.74) is 0.422. The van der Waals surface area contributed by atoms with Gasteiger partial charge in [0, 0.05) is 11.5 Å². The van der Waals surface area contributed by atoms with E-state index in [0.717, 1.165) is 57.8 Å². The van der Waals surface area contributed by atoms with Crippen molar-refractivity contribution in [2.75, 3.05) is 6.61 Å². The van der Waals surface area contributed by atoms with Gasteiger partial charge in [-0.2, -0.15) is 0 Å². The van der Waals surface area contributed by atoms with Crippen molar-refractivity contribution in [3.63, 3.8) is 0 Å². The summed E-state index contributed by atoms with van der Waals surface area (Å²) in [7, 11) is 0. The van der Waals surface area contributed by atoms with Crippen molar-refractivity contribution in [2.24, 2.45) is 28.6 Å². The van der Waals surface area contributed by atoms with E-state index in [1.165, 1.54) is 5.57 Å². The molecule has 4 aliphatic carbocycles. The van der Waals surface area contributed by atoms with Crippen LogP contribution in [0, 0.1) is 28.6 Å². The normalized spacial score (nSPS) is 46.9. The number of aliphatic hydroxyl groups excluding tert-OH is 1. The van der Waals surface area contributed by atoms with Crippen molar-refractivity contribution in [1.29, 1.82) is 0 Å². The second-order valence-corrected chi connectivity index (χ2v) is 12.6. The maximum absolute atomic E-state index is 13.9. The van der Waals surface area contributed by atoms with Crippen LogP contribution in [-0.2, 0) is 19.0 Å². The topological polar surface area (TPSA) is 65.0 Å². The minimum atomic E-state index is -0.954. The van der Waals surface area contributed by atoms with Crippen LogP contribution in [0.2, 0.25) is 0 Å². The Morgan fingerprint density at radius 1 is 1.21 bits per heavy atom. The number of unbranched alkanes of at least 4 members (excludes halogenated alkanes) is 1. The third kappa shape index (κ3) is 3.48. The number of aliphatic hydroxyl groups is 1. The van der Waals surface area contributed by atoms with E-state index >= 15 is 0 Å². The summed E-state index contributed by atoms with van der Waals surface area (Å²) in [4.78, 5) is 13.9. The number of ether oxygens (including phenoxy) is 3. The molecule has 34 heavy (non-hydrogen) atoms. The van der Waals surface area contributed by atoms with Gasteiger partial charge in [0.15, 0.2) is 17.2 Å². The average molecular weight is 473 g/mol. The molecular weight excluding hydrogens is 428 g/mol. The third-order valence-corrected chi connectivity index (χ3v) is 10.4. The van der Waals surface area contributed by atoms with Crippen LogP contribution in [0.3, 0.4) is 0 Å². The van der Waals surface area contributed by atoms with Gasteiger partial charge in [-0.1, -0.05) is 38.8 Å². The molecule has 6 unspecified atom stereocenters. The summed E-state index contributed by atoms with van der Waals surface area (Å²) >= 11 is 0. The van der Waals surface area contributed by atoms with E-state index in [0.29, 0.717) is 24.4 Å². The summed E-state index contributed by atoms with van der Waals surface area (Å²) in [6, 6.07) is 0. The Hall–Kier alpha value is -1.17. The first-order chi connectivity index (χ1) is 16.1. The van der Waals surface area contributed by atoms with E-state index < -0.39 is 11.4 Å². The number of hydrogen-bond donors (Lipinski definition) is 1. The number of ketones is 1. The quantitative estimate of drug-likeness (QED) is 0.232. The molecule has 0 aromatic heterocycles. The molecule has 8 atom stereocenters. The molecule has 1 heterocycles. The molecule has 0 aromatic rings. The zero-order valence-electron chi connectivity index (χ0n) is 21.8. The lowest BCUT2D eigenvalue weighted by atomic mass is 9.46. The van der Waals surface area contributed by atoms with Crippen molar-refractivity contribution in [3.8, 4) is 0 Å². The molecule has 190 valence electrons. The molecule has 1 N–H and O–H groups in total. The van der Waals surface area contributed by atoms with Crippen LogP contribution < -0.4 is 0 Å². The zero-order chi connectivity index (χ0) is 24.4. The monoisotopic (exact) mass is 472 g/mol. The van der Waals surface area contributed by atoms with Crippen molar-refractivity contribution in [1.82, 2.24) is 0 Å². The van der Waals surface area contributed by atoms with E-state index in [9.17, 15) is 9.90 Å². The molecule has 0 radical (unpaired) electrons. The molecular formula is C29H44O5. The first-order valence-electron chi connectivity index (χ1n) is 13.7. The van der Waals surface area contributed by atoms with E-state index in [1.54, 1.807) is 12.3 Å². The molecule has 0 bridgehead atoms. The highest BCUT2D eigenvalue weighted by Gasteiger charge is 2.75. The highest BCUT2D eigenvalue weighted by atomic mass is 16.8. The summed E-state index contributed by atoms with van der Waals surface area (Å²) in [5, 5.41) is 10.3. The van der Waals surface area contributed by atoms with Crippen LogP contribution in [0.4, 0.5) is 0 Å². The predicted molar refractivity (Wildman–Crippen MR) is 131 cm³/mol. The number of hydrogen-bond acceptors (Lipinski definition) is 5. The van der Waals surface area contributed by atoms with Gasteiger partial charge in [-0.25, -0.2) is 0 Å². The molecule has 1 aliphatic heterocycles. The van der Waals surface area contributed by atoms with Crippen molar-refractivity contribution in [2.45, 2.75) is 116 Å². The molecule has 5 rings (SSSR count). The van der Waals surface area contributed by atoms with Gasteiger partial charge in [0.25, 0.3) is 0 Å². The lowest BCUT2D eigenvalue weighted by molar-refractivity contribution is -0.212. The fourth-order valence-corrected chi connectivity index (χ4v) is 8.71. The Balaban J connectivity index is 1.46. The highest BCUT2D eigenvalue weighted by Crippen LogP contribution is 2.70. The van der Waals surface area contributed by atoms with Crippen LogP contribution in [0.25, 0.3) is 0 Å². The van der Waals surface area contributed by atoms with Crippen molar-refractivity contribution < 1.29 is 24.1 Å². The lowest BCUT2D eigenvalue weighted by Gasteiger charge is -2.59. The smallest absolute Gasteiger partial charge is 0.193 e. The van der Waals surface area contributed by atoms with Crippen LogP contribution in [0.1, 0.15) is 92.4 Å². The molecule has 4 fully saturated rings. The minimum Gasteiger partial charge on any atom is -0.501 e.